The second kappa shape index (κ2) is 5.34. The predicted octanol–water partition coefficient (Wildman–Crippen LogP) is 1.74. The summed E-state index contributed by atoms with van der Waals surface area (Å²) in [6.45, 7) is 4.55. The van der Waals surface area contributed by atoms with Gasteiger partial charge in [-0.3, -0.25) is 15.1 Å². The van der Waals surface area contributed by atoms with Crippen molar-refractivity contribution in [2.75, 3.05) is 6.54 Å². The number of carbonyl (C=O) groups is 1. The van der Waals surface area contributed by atoms with Crippen LogP contribution in [-0.4, -0.2) is 18.4 Å². The largest absolute Gasteiger partial charge is 0.340 e. The number of benzene rings is 1. The van der Waals surface area contributed by atoms with E-state index in [-0.39, 0.29) is 5.56 Å². The van der Waals surface area contributed by atoms with E-state index in [2.05, 4.69) is 15.6 Å². The van der Waals surface area contributed by atoms with Gasteiger partial charge < -0.3 is 5.32 Å². The maximum Gasteiger partial charge on any atom is 0.254 e. The van der Waals surface area contributed by atoms with E-state index in [9.17, 15) is 13.6 Å². The lowest BCUT2D eigenvalue weighted by atomic mass is 10.1. The first-order valence-corrected chi connectivity index (χ1v) is 6.04. The van der Waals surface area contributed by atoms with Gasteiger partial charge >= 0.3 is 0 Å². The molecule has 0 radical (unpaired) electrons. The van der Waals surface area contributed by atoms with Crippen molar-refractivity contribution < 1.29 is 13.6 Å². The molecule has 0 bridgehead atoms. The maximum absolute atomic E-state index is 13.6. The zero-order chi connectivity index (χ0) is 14.0. The molecule has 19 heavy (non-hydrogen) atoms. The van der Waals surface area contributed by atoms with E-state index in [1.165, 1.54) is 6.07 Å². The molecule has 1 atom stereocenters. The number of hydrogen-bond donors (Lipinski definition) is 2. The number of carbonyl (C=O) groups excluding carboxylic acids is 1. The van der Waals surface area contributed by atoms with Crippen LogP contribution in [0, 0.1) is 17.6 Å². The van der Waals surface area contributed by atoms with E-state index in [4.69, 9.17) is 0 Å². The van der Waals surface area contributed by atoms with Gasteiger partial charge in [-0.25, -0.2) is 8.78 Å². The molecule has 0 aliphatic carbocycles. The topological polar surface area (TPSA) is 53.5 Å². The third kappa shape index (κ3) is 3.07. The van der Waals surface area contributed by atoms with E-state index in [0.717, 1.165) is 12.1 Å². The highest BCUT2D eigenvalue weighted by Crippen LogP contribution is 2.20. The van der Waals surface area contributed by atoms with Crippen molar-refractivity contribution >= 4 is 11.9 Å². The Kier molecular flexibility index (Phi) is 3.78. The van der Waals surface area contributed by atoms with E-state index in [1.54, 1.807) is 0 Å². The average Bonchev–Trinajstić information content (AvgIpc) is 2.68. The van der Waals surface area contributed by atoms with Crippen molar-refractivity contribution in [1.29, 1.82) is 0 Å². The van der Waals surface area contributed by atoms with Gasteiger partial charge in [0.15, 0.2) is 5.96 Å². The highest BCUT2D eigenvalue weighted by atomic mass is 19.1. The Balaban J connectivity index is 2.18. The summed E-state index contributed by atoms with van der Waals surface area (Å²) in [6, 6.07) is 2.27. The van der Waals surface area contributed by atoms with Crippen molar-refractivity contribution in [3.8, 4) is 0 Å². The molecule has 1 aromatic rings. The number of rotatable bonds is 3. The minimum absolute atomic E-state index is 0.105. The molecule has 0 spiro atoms. The summed E-state index contributed by atoms with van der Waals surface area (Å²) in [5.74, 6) is -1.14. The van der Waals surface area contributed by atoms with Crippen molar-refractivity contribution in [3.05, 3.63) is 35.4 Å². The molecule has 1 amide bonds. The minimum Gasteiger partial charge on any atom is -0.340 e. The summed E-state index contributed by atoms with van der Waals surface area (Å²) in [4.78, 5) is 15.9. The monoisotopic (exact) mass is 267 g/mol. The SMILES string of the molecule is CC(C)CN=C1NC(=O)C(c2ccc(F)cc2F)N1. The number of nitrogens with zero attached hydrogens (tertiary/aromatic N) is 1. The fourth-order valence-corrected chi connectivity index (χ4v) is 1.74. The summed E-state index contributed by atoms with van der Waals surface area (Å²) in [7, 11) is 0. The molecule has 1 heterocycles. The van der Waals surface area contributed by atoms with Crippen LogP contribution in [0.5, 0.6) is 0 Å². The zero-order valence-electron chi connectivity index (χ0n) is 10.7. The van der Waals surface area contributed by atoms with Gasteiger partial charge in [-0.2, -0.15) is 0 Å². The van der Waals surface area contributed by atoms with E-state index >= 15 is 0 Å². The lowest BCUT2D eigenvalue weighted by Crippen LogP contribution is -2.26. The number of halogens is 2. The molecule has 102 valence electrons. The van der Waals surface area contributed by atoms with Gasteiger partial charge in [-0.05, 0) is 12.0 Å². The van der Waals surface area contributed by atoms with Gasteiger partial charge in [-0.15, -0.1) is 0 Å². The molecule has 1 fully saturated rings. The quantitative estimate of drug-likeness (QED) is 0.876. The Morgan fingerprint density at radius 3 is 2.74 bits per heavy atom. The van der Waals surface area contributed by atoms with Gasteiger partial charge in [0.1, 0.15) is 17.7 Å². The zero-order valence-corrected chi connectivity index (χ0v) is 10.7. The van der Waals surface area contributed by atoms with Gasteiger partial charge in [-0.1, -0.05) is 19.9 Å². The molecular weight excluding hydrogens is 252 g/mol. The van der Waals surface area contributed by atoms with Crippen LogP contribution in [-0.2, 0) is 4.79 Å². The van der Waals surface area contributed by atoms with Gasteiger partial charge in [0.25, 0.3) is 5.91 Å². The summed E-state index contributed by atoms with van der Waals surface area (Å²) in [5, 5.41) is 5.34. The summed E-state index contributed by atoms with van der Waals surface area (Å²) >= 11 is 0. The summed E-state index contributed by atoms with van der Waals surface area (Å²) in [6.07, 6.45) is 0. The molecule has 0 saturated carbocycles. The maximum atomic E-state index is 13.6. The highest BCUT2D eigenvalue weighted by molar-refractivity contribution is 6.06. The normalized spacial score (nSPS) is 20.8. The number of hydrogen-bond acceptors (Lipinski definition) is 2. The van der Waals surface area contributed by atoms with Crippen molar-refractivity contribution in [2.45, 2.75) is 19.9 Å². The Morgan fingerprint density at radius 2 is 2.11 bits per heavy atom. The summed E-state index contributed by atoms with van der Waals surface area (Å²) in [5.41, 5.74) is 0.105. The highest BCUT2D eigenvalue weighted by Gasteiger charge is 2.31. The average molecular weight is 267 g/mol. The van der Waals surface area contributed by atoms with E-state index < -0.39 is 23.6 Å². The van der Waals surface area contributed by atoms with Crippen molar-refractivity contribution in [1.82, 2.24) is 10.6 Å². The molecule has 1 saturated heterocycles. The third-order valence-electron chi connectivity index (χ3n) is 2.67. The lowest BCUT2D eigenvalue weighted by Gasteiger charge is -2.09. The van der Waals surface area contributed by atoms with Crippen LogP contribution in [0.3, 0.4) is 0 Å². The first-order valence-electron chi connectivity index (χ1n) is 6.04. The van der Waals surface area contributed by atoms with Gasteiger partial charge in [0.05, 0.1) is 0 Å². The minimum atomic E-state index is -0.869. The van der Waals surface area contributed by atoms with Crippen LogP contribution in [0.1, 0.15) is 25.5 Å². The van der Waals surface area contributed by atoms with Crippen molar-refractivity contribution in [3.63, 3.8) is 0 Å². The smallest absolute Gasteiger partial charge is 0.254 e. The van der Waals surface area contributed by atoms with Crippen LogP contribution in [0.4, 0.5) is 8.78 Å². The number of nitrogens with one attached hydrogen (secondary N) is 2. The van der Waals surface area contributed by atoms with Gasteiger partial charge in [0.2, 0.25) is 0 Å². The molecule has 2 rings (SSSR count). The number of amides is 1. The van der Waals surface area contributed by atoms with Crippen LogP contribution in [0.25, 0.3) is 0 Å². The predicted molar refractivity (Wildman–Crippen MR) is 67.5 cm³/mol. The van der Waals surface area contributed by atoms with Crippen LogP contribution in [0.15, 0.2) is 23.2 Å². The molecule has 1 aromatic carbocycles. The summed E-state index contributed by atoms with van der Waals surface area (Å²) < 4.78 is 26.5. The first-order chi connectivity index (χ1) is 8.97. The second-order valence-corrected chi connectivity index (χ2v) is 4.82. The molecule has 2 N–H and O–H groups in total. The van der Waals surface area contributed by atoms with Crippen LogP contribution in [0.2, 0.25) is 0 Å². The molecule has 6 heteroatoms. The Bertz CT molecular complexity index is 529. The Morgan fingerprint density at radius 1 is 1.37 bits per heavy atom. The van der Waals surface area contributed by atoms with Crippen LogP contribution < -0.4 is 10.6 Å². The number of guanidine groups is 1. The molecule has 4 nitrogen and oxygen atoms in total. The first kappa shape index (κ1) is 13.5. The third-order valence-corrected chi connectivity index (χ3v) is 2.67. The van der Waals surface area contributed by atoms with Crippen molar-refractivity contribution in [2.24, 2.45) is 10.9 Å². The van der Waals surface area contributed by atoms with E-state index in [0.29, 0.717) is 18.4 Å². The standard InChI is InChI=1S/C13H15F2N3O/c1-7(2)6-16-13-17-11(12(19)18-13)9-4-3-8(14)5-10(9)15/h3-5,7,11H,6H2,1-2H3,(H2,16,17,18,19). The molecular formula is C13H15F2N3O. The fourth-order valence-electron chi connectivity index (χ4n) is 1.74. The van der Waals surface area contributed by atoms with Crippen LogP contribution >= 0.6 is 0 Å². The second-order valence-electron chi connectivity index (χ2n) is 4.82. The Labute approximate surface area is 109 Å². The van der Waals surface area contributed by atoms with Gasteiger partial charge in [0, 0.05) is 18.2 Å². The lowest BCUT2D eigenvalue weighted by molar-refractivity contribution is -0.120. The molecule has 0 aromatic heterocycles. The Hall–Kier alpha value is -1.98. The molecule has 1 aliphatic heterocycles. The molecule has 1 aliphatic rings. The van der Waals surface area contributed by atoms with E-state index in [1.807, 2.05) is 13.8 Å². The fraction of sp³-hybridized carbons (Fsp3) is 0.385. The number of aliphatic imine (C=N–C) groups is 1. The molecule has 1 unspecified atom stereocenters.